The van der Waals surface area contributed by atoms with E-state index >= 15 is 0 Å². The van der Waals surface area contributed by atoms with Crippen molar-refractivity contribution in [2.24, 2.45) is 0 Å². The molecule has 0 atom stereocenters. The summed E-state index contributed by atoms with van der Waals surface area (Å²) >= 11 is 13.3. The van der Waals surface area contributed by atoms with Crippen molar-refractivity contribution in [3.63, 3.8) is 0 Å². The highest BCUT2D eigenvalue weighted by atomic mass is 35.5. The summed E-state index contributed by atoms with van der Waals surface area (Å²) in [4.78, 5) is 18.7. The molecule has 7 heteroatoms. The average Bonchev–Trinajstić information content (AvgIpc) is 2.92. The number of fused-ring (bicyclic) bond motifs is 2. The number of nitrogens with zero attached hydrogens (tertiary/aromatic N) is 1. The van der Waals surface area contributed by atoms with E-state index in [1.165, 1.54) is 23.3 Å². The van der Waals surface area contributed by atoms with Crippen LogP contribution in [0.15, 0.2) is 24.3 Å². The summed E-state index contributed by atoms with van der Waals surface area (Å²) < 4.78 is 0. The van der Waals surface area contributed by atoms with E-state index < -0.39 is 0 Å². The minimum absolute atomic E-state index is 0.289. The van der Waals surface area contributed by atoms with Crippen molar-refractivity contribution in [3.8, 4) is 0 Å². The molecule has 128 valence electrons. The molecule has 0 spiro atoms. The van der Waals surface area contributed by atoms with Crippen molar-refractivity contribution < 1.29 is 4.79 Å². The number of carbonyl (C=O) groups is 1. The highest BCUT2D eigenvalue weighted by Crippen LogP contribution is 2.36. The van der Waals surface area contributed by atoms with Crippen molar-refractivity contribution in [2.45, 2.75) is 25.7 Å². The lowest BCUT2D eigenvalue weighted by Crippen LogP contribution is -2.12. The van der Waals surface area contributed by atoms with Gasteiger partial charge in [0.15, 0.2) is 0 Å². The molecule has 3 aromatic rings. The van der Waals surface area contributed by atoms with Crippen LogP contribution in [0.4, 0.5) is 11.4 Å². The molecule has 0 unspecified atom stereocenters. The first-order valence-electron chi connectivity index (χ1n) is 8.00. The zero-order valence-corrected chi connectivity index (χ0v) is 15.6. The van der Waals surface area contributed by atoms with Gasteiger partial charge < -0.3 is 11.1 Å². The first-order chi connectivity index (χ1) is 12.0. The van der Waals surface area contributed by atoms with Crippen LogP contribution < -0.4 is 11.1 Å². The maximum atomic E-state index is 12.7. The summed E-state index contributed by atoms with van der Waals surface area (Å²) in [5.41, 5.74) is 9.60. The normalized spacial score (nSPS) is 13.7. The van der Waals surface area contributed by atoms with E-state index in [9.17, 15) is 4.79 Å². The molecule has 0 saturated carbocycles. The van der Waals surface area contributed by atoms with Crippen molar-refractivity contribution in [2.75, 3.05) is 11.1 Å². The second kappa shape index (κ2) is 6.48. The molecule has 0 bridgehead atoms. The van der Waals surface area contributed by atoms with Gasteiger partial charge in [0.05, 0.1) is 16.4 Å². The van der Waals surface area contributed by atoms with Crippen molar-refractivity contribution in [1.82, 2.24) is 4.98 Å². The molecular weight excluding hydrogens is 377 g/mol. The Labute approximate surface area is 159 Å². The van der Waals surface area contributed by atoms with Crippen LogP contribution in [0, 0.1) is 0 Å². The number of hydrogen-bond donors (Lipinski definition) is 2. The van der Waals surface area contributed by atoms with Gasteiger partial charge in [0.1, 0.15) is 9.71 Å². The number of halogens is 2. The summed E-state index contributed by atoms with van der Waals surface area (Å²) in [6, 6.07) is 7.02. The summed E-state index contributed by atoms with van der Waals surface area (Å²) in [7, 11) is 0. The molecule has 2 aromatic heterocycles. The van der Waals surface area contributed by atoms with Gasteiger partial charge in [-0.2, -0.15) is 0 Å². The molecule has 0 fully saturated rings. The fourth-order valence-electron chi connectivity index (χ4n) is 3.10. The fourth-order valence-corrected chi connectivity index (χ4v) is 4.55. The van der Waals surface area contributed by atoms with Crippen LogP contribution in [0.2, 0.25) is 10.0 Å². The molecule has 1 aliphatic carbocycles. The Balaban J connectivity index is 1.70. The molecule has 0 aliphatic heterocycles. The number of nitrogens with two attached hydrogens (primary N) is 1. The van der Waals surface area contributed by atoms with Gasteiger partial charge in [-0.1, -0.05) is 23.2 Å². The number of hydrogen-bond acceptors (Lipinski definition) is 4. The number of benzene rings is 1. The third-order valence-corrected chi connectivity index (χ3v) is 6.05. The summed E-state index contributed by atoms with van der Waals surface area (Å²) in [6.45, 7) is 0. The molecule has 2 heterocycles. The zero-order chi connectivity index (χ0) is 17.6. The van der Waals surface area contributed by atoms with E-state index in [0.717, 1.165) is 35.2 Å². The molecule has 1 amide bonds. The zero-order valence-electron chi connectivity index (χ0n) is 13.2. The fraction of sp³-hybridized carbons (Fsp3) is 0.222. The SMILES string of the molecule is Nc1c(C(=O)Nc2ccc(Cl)cc2Cl)sc2nc3c(cc12)CCCC3. The van der Waals surface area contributed by atoms with E-state index in [2.05, 4.69) is 11.4 Å². The largest absolute Gasteiger partial charge is 0.397 e. The summed E-state index contributed by atoms with van der Waals surface area (Å²) in [6.07, 6.45) is 4.35. The number of carbonyl (C=O) groups excluding carboxylic acids is 1. The van der Waals surface area contributed by atoms with Crippen LogP contribution in [0.5, 0.6) is 0 Å². The van der Waals surface area contributed by atoms with Gasteiger partial charge in [-0.25, -0.2) is 4.98 Å². The number of rotatable bonds is 2. The molecule has 4 rings (SSSR count). The molecule has 1 aromatic carbocycles. The van der Waals surface area contributed by atoms with Crippen LogP contribution in [-0.2, 0) is 12.8 Å². The smallest absolute Gasteiger partial charge is 0.267 e. The average molecular weight is 392 g/mol. The second-order valence-electron chi connectivity index (χ2n) is 6.08. The Kier molecular flexibility index (Phi) is 4.31. The number of aromatic nitrogens is 1. The van der Waals surface area contributed by atoms with Crippen LogP contribution in [0.25, 0.3) is 10.2 Å². The minimum Gasteiger partial charge on any atom is -0.397 e. The highest BCUT2D eigenvalue weighted by Gasteiger charge is 2.21. The van der Waals surface area contributed by atoms with Gasteiger partial charge >= 0.3 is 0 Å². The lowest BCUT2D eigenvalue weighted by molar-refractivity contribution is 0.103. The highest BCUT2D eigenvalue weighted by molar-refractivity contribution is 7.21. The Morgan fingerprint density at radius 3 is 2.80 bits per heavy atom. The van der Waals surface area contributed by atoms with Gasteiger partial charge in [-0.15, -0.1) is 11.3 Å². The number of nitrogens with one attached hydrogen (secondary N) is 1. The van der Waals surface area contributed by atoms with Gasteiger partial charge in [0.2, 0.25) is 0 Å². The summed E-state index contributed by atoms with van der Waals surface area (Å²) in [5.74, 6) is -0.289. The van der Waals surface area contributed by atoms with E-state index in [4.69, 9.17) is 33.9 Å². The lowest BCUT2D eigenvalue weighted by Gasteiger charge is -2.14. The number of aryl methyl sites for hydroxylation is 2. The van der Waals surface area contributed by atoms with Gasteiger partial charge in [0.25, 0.3) is 5.91 Å². The molecule has 0 radical (unpaired) electrons. The van der Waals surface area contributed by atoms with Crippen molar-refractivity contribution in [3.05, 3.63) is 50.4 Å². The number of thiophene rings is 1. The maximum absolute atomic E-state index is 12.7. The Morgan fingerprint density at radius 2 is 2.00 bits per heavy atom. The minimum atomic E-state index is -0.289. The molecule has 25 heavy (non-hydrogen) atoms. The third-order valence-electron chi connectivity index (χ3n) is 4.38. The molecule has 4 nitrogen and oxygen atoms in total. The number of anilines is 2. The predicted molar refractivity (Wildman–Crippen MR) is 105 cm³/mol. The van der Waals surface area contributed by atoms with E-state index in [1.807, 2.05) is 0 Å². The molecule has 3 N–H and O–H groups in total. The Hall–Kier alpha value is -1.82. The number of nitrogen functional groups attached to an aromatic ring is 1. The second-order valence-corrected chi connectivity index (χ2v) is 7.92. The lowest BCUT2D eigenvalue weighted by atomic mass is 9.95. The summed E-state index contributed by atoms with van der Waals surface area (Å²) in [5, 5.41) is 4.55. The van der Waals surface area contributed by atoms with Crippen molar-refractivity contribution >= 4 is 62.0 Å². The van der Waals surface area contributed by atoms with Gasteiger partial charge in [-0.05, 0) is 55.5 Å². The number of pyridine rings is 1. The van der Waals surface area contributed by atoms with E-state index in [1.54, 1.807) is 18.2 Å². The molecule has 0 saturated heterocycles. The van der Waals surface area contributed by atoms with Crippen molar-refractivity contribution in [1.29, 1.82) is 0 Å². The van der Waals surface area contributed by atoms with Gasteiger partial charge in [0, 0.05) is 16.1 Å². The van der Waals surface area contributed by atoms with Crippen LogP contribution >= 0.6 is 34.5 Å². The first kappa shape index (κ1) is 16.6. The van der Waals surface area contributed by atoms with Gasteiger partial charge in [-0.3, -0.25) is 4.79 Å². The van der Waals surface area contributed by atoms with Crippen LogP contribution in [-0.4, -0.2) is 10.9 Å². The number of amides is 1. The first-order valence-corrected chi connectivity index (χ1v) is 9.57. The maximum Gasteiger partial charge on any atom is 0.267 e. The standard InChI is InChI=1S/C18H15Cl2N3OS/c19-10-5-6-14(12(20)8-10)22-17(24)16-15(21)11-7-9-3-1-2-4-13(9)23-18(11)25-16/h5-8H,1-4,21H2,(H,22,24). The Bertz CT molecular complexity index is 1000. The van der Waals surface area contributed by atoms with Crippen LogP contribution in [0.3, 0.4) is 0 Å². The van der Waals surface area contributed by atoms with Crippen LogP contribution in [0.1, 0.15) is 33.8 Å². The third kappa shape index (κ3) is 3.08. The Morgan fingerprint density at radius 1 is 1.20 bits per heavy atom. The van der Waals surface area contributed by atoms with E-state index in [-0.39, 0.29) is 5.91 Å². The quantitative estimate of drug-likeness (QED) is 0.621. The topological polar surface area (TPSA) is 68.0 Å². The molecule has 1 aliphatic rings. The monoisotopic (exact) mass is 391 g/mol. The van der Waals surface area contributed by atoms with E-state index in [0.29, 0.717) is 26.3 Å². The molecular formula is C18H15Cl2N3OS. The predicted octanol–water partition coefficient (Wildman–Crippen LogP) is 5.32.